The first kappa shape index (κ1) is 15.6. The summed E-state index contributed by atoms with van der Waals surface area (Å²) in [6, 6.07) is 8.85. The molecule has 1 aromatic heterocycles. The molecular formula is C16H15FN2O3. The molecule has 0 aliphatic heterocycles. The van der Waals surface area contributed by atoms with Crippen molar-refractivity contribution in [3.8, 4) is 0 Å². The summed E-state index contributed by atoms with van der Waals surface area (Å²) >= 11 is 0. The fraction of sp³-hybridized carbons (Fsp3) is 0.188. The van der Waals surface area contributed by atoms with Crippen molar-refractivity contribution in [3.63, 3.8) is 0 Å². The SMILES string of the molecule is Cc1ccc(C(=O)N(CC(=O)O)Cc2ccc(F)cc2)nc1. The molecular weight excluding hydrogens is 287 g/mol. The maximum Gasteiger partial charge on any atom is 0.323 e. The summed E-state index contributed by atoms with van der Waals surface area (Å²) in [4.78, 5) is 28.5. The van der Waals surface area contributed by atoms with Crippen LogP contribution in [0.1, 0.15) is 21.6 Å². The minimum atomic E-state index is -1.12. The number of aromatic nitrogens is 1. The third-order valence-electron chi connectivity index (χ3n) is 3.03. The topological polar surface area (TPSA) is 70.5 Å². The molecule has 0 bridgehead atoms. The zero-order chi connectivity index (χ0) is 16.1. The number of aryl methyl sites for hydroxylation is 1. The van der Waals surface area contributed by atoms with Crippen molar-refractivity contribution in [2.24, 2.45) is 0 Å². The summed E-state index contributed by atoms with van der Waals surface area (Å²) in [5.74, 6) is -1.99. The number of aliphatic carboxylic acids is 1. The summed E-state index contributed by atoms with van der Waals surface area (Å²) in [5.41, 5.74) is 1.72. The molecule has 0 aliphatic carbocycles. The van der Waals surface area contributed by atoms with E-state index < -0.39 is 18.4 Å². The van der Waals surface area contributed by atoms with Gasteiger partial charge in [-0.1, -0.05) is 18.2 Å². The molecule has 6 heteroatoms. The highest BCUT2D eigenvalue weighted by atomic mass is 19.1. The number of halogens is 1. The summed E-state index contributed by atoms with van der Waals surface area (Å²) in [6.45, 7) is 1.46. The molecule has 1 N–H and O–H groups in total. The first-order valence-electron chi connectivity index (χ1n) is 6.64. The Labute approximate surface area is 127 Å². The van der Waals surface area contributed by atoms with Crippen LogP contribution in [0.2, 0.25) is 0 Å². The van der Waals surface area contributed by atoms with Crippen LogP contribution < -0.4 is 0 Å². The fourth-order valence-electron chi connectivity index (χ4n) is 1.93. The zero-order valence-corrected chi connectivity index (χ0v) is 12.0. The number of carboxylic acids is 1. The summed E-state index contributed by atoms with van der Waals surface area (Å²) < 4.78 is 12.9. The van der Waals surface area contributed by atoms with E-state index in [0.717, 1.165) is 10.5 Å². The Morgan fingerprint density at radius 1 is 1.18 bits per heavy atom. The summed E-state index contributed by atoms with van der Waals surface area (Å²) in [7, 11) is 0. The van der Waals surface area contributed by atoms with Gasteiger partial charge in [-0.3, -0.25) is 14.6 Å². The Bertz CT molecular complexity index is 669. The number of pyridine rings is 1. The quantitative estimate of drug-likeness (QED) is 0.919. The lowest BCUT2D eigenvalue weighted by molar-refractivity contribution is -0.137. The highest BCUT2D eigenvalue weighted by Gasteiger charge is 2.20. The van der Waals surface area contributed by atoms with E-state index in [1.807, 2.05) is 6.92 Å². The molecule has 1 amide bonds. The number of amides is 1. The van der Waals surface area contributed by atoms with Gasteiger partial charge in [-0.25, -0.2) is 4.39 Å². The van der Waals surface area contributed by atoms with Crippen LogP contribution >= 0.6 is 0 Å². The number of carbonyl (C=O) groups excluding carboxylic acids is 1. The van der Waals surface area contributed by atoms with Crippen molar-refractivity contribution in [2.75, 3.05) is 6.54 Å². The van der Waals surface area contributed by atoms with E-state index in [-0.39, 0.29) is 18.1 Å². The van der Waals surface area contributed by atoms with E-state index >= 15 is 0 Å². The Balaban J connectivity index is 2.21. The monoisotopic (exact) mass is 302 g/mol. The van der Waals surface area contributed by atoms with E-state index in [9.17, 15) is 14.0 Å². The number of hydrogen-bond donors (Lipinski definition) is 1. The molecule has 0 radical (unpaired) electrons. The second-order valence-corrected chi connectivity index (χ2v) is 4.90. The summed E-state index contributed by atoms with van der Waals surface area (Å²) in [6.07, 6.45) is 1.55. The lowest BCUT2D eigenvalue weighted by Gasteiger charge is -2.20. The van der Waals surface area contributed by atoms with Crippen LogP contribution in [0.4, 0.5) is 4.39 Å². The second kappa shape index (κ2) is 6.80. The van der Waals surface area contributed by atoms with Crippen LogP contribution in [0.3, 0.4) is 0 Å². The Kier molecular flexibility index (Phi) is 4.83. The number of nitrogens with zero attached hydrogens (tertiary/aromatic N) is 2. The van der Waals surface area contributed by atoms with Gasteiger partial charge in [0.2, 0.25) is 0 Å². The molecule has 0 saturated heterocycles. The minimum Gasteiger partial charge on any atom is -0.480 e. The molecule has 0 aliphatic rings. The molecule has 0 spiro atoms. The molecule has 1 heterocycles. The van der Waals surface area contributed by atoms with Gasteiger partial charge in [0, 0.05) is 12.7 Å². The number of hydrogen-bond acceptors (Lipinski definition) is 3. The van der Waals surface area contributed by atoms with Crippen molar-refractivity contribution in [1.82, 2.24) is 9.88 Å². The molecule has 1 aromatic carbocycles. The van der Waals surface area contributed by atoms with Crippen LogP contribution in [-0.4, -0.2) is 33.4 Å². The highest BCUT2D eigenvalue weighted by molar-refractivity contribution is 5.94. The fourth-order valence-corrected chi connectivity index (χ4v) is 1.93. The number of carboxylic acid groups (broad SMARTS) is 1. The van der Waals surface area contributed by atoms with Crippen LogP contribution in [0.5, 0.6) is 0 Å². The molecule has 5 nitrogen and oxygen atoms in total. The normalized spacial score (nSPS) is 10.3. The third kappa shape index (κ3) is 4.12. The van der Waals surface area contributed by atoms with Crippen LogP contribution in [0.15, 0.2) is 42.6 Å². The minimum absolute atomic E-state index is 0.0704. The van der Waals surface area contributed by atoms with Gasteiger partial charge in [0.25, 0.3) is 5.91 Å². The second-order valence-electron chi connectivity index (χ2n) is 4.90. The molecule has 0 saturated carbocycles. The van der Waals surface area contributed by atoms with E-state index in [2.05, 4.69) is 4.98 Å². The van der Waals surface area contributed by atoms with Crippen LogP contribution in [-0.2, 0) is 11.3 Å². The Hall–Kier alpha value is -2.76. The predicted octanol–water partition coefficient (Wildman–Crippen LogP) is 2.26. The maximum atomic E-state index is 12.9. The van der Waals surface area contributed by atoms with Gasteiger partial charge in [0.1, 0.15) is 18.1 Å². The average Bonchev–Trinajstić information content (AvgIpc) is 2.48. The van der Waals surface area contributed by atoms with Crippen molar-refractivity contribution < 1.29 is 19.1 Å². The van der Waals surface area contributed by atoms with Crippen molar-refractivity contribution in [3.05, 3.63) is 65.2 Å². The van der Waals surface area contributed by atoms with Gasteiger partial charge in [0.15, 0.2) is 0 Å². The highest BCUT2D eigenvalue weighted by Crippen LogP contribution is 2.10. The molecule has 0 unspecified atom stereocenters. The average molecular weight is 302 g/mol. The Morgan fingerprint density at radius 3 is 2.41 bits per heavy atom. The van der Waals surface area contributed by atoms with E-state index in [4.69, 9.17) is 5.11 Å². The molecule has 0 fully saturated rings. The van der Waals surface area contributed by atoms with Crippen molar-refractivity contribution >= 4 is 11.9 Å². The summed E-state index contributed by atoms with van der Waals surface area (Å²) in [5, 5.41) is 8.97. The smallest absolute Gasteiger partial charge is 0.323 e. The van der Waals surface area contributed by atoms with Gasteiger partial charge in [0.05, 0.1) is 0 Å². The number of benzene rings is 1. The van der Waals surface area contributed by atoms with Crippen LogP contribution in [0, 0.1) is 12.7 Å². The first-order valence-corrected chi connectivity index (χ1v) is 6.64. The molecule has 22 heavy (non-hydrogen) atoms. The standard InChI is InChI=1S/C16H15FN2O3/c1-11-2-7-14(18-8-11)16(22)19(10-15(20)21)9-12-3-5-13(17)6-4-12/h2-8H,9-10H2,1H3,(H,20,21). The van der Waals surface area contributed by atoms with Crippen molar-refractivity contribution in [2.45, 2.75) is 13.5 Å². The van der Waals surface area contributed by atoms with Crippen molar-refractivity contribution in [1.29, 1.82) is 0 Å². The predicted molar refractivity (Wildman–Crippen MR) is 77.8 cm³/mol. The van der Waals surface area contributed by atoms with Gasteiger partial charge in [-0.15, -0.1) is 0 Å². The molecule has 2 aromatic rings. The number of carbonyl (C=O) groups is 2. The largest absolute Gasteiger partial charge is 0.480 e. The number of rotatable bonds is 5. The lowest BCUT2D eigenvalue weighted by Crippen LogP contribution is -2.35. The molecule has 114 valence electrons. The van der Waals surface area contributed by atoms with Gasteiger partial charge >= 0.3 is 5.97 Å². The van der Waals surface area contributed by atoms with E-state index in [0.29, 0.717) is 5.56 Å². The Morgan fingerprint density at radius 2 is 1.86 bits per heavy atom. The van der Waals surface area contributed by atoms with E-state index in [1.165, 1.54) is 24.3 Å². The molecule has 0 atom stereocenters. The van der Waals surface area contributed by atoms with Crippen LogP contribution in [0.25, 0.3) is 0 Å². The van der Waals surface area contributed by atoms with Gasteiger partial charge in [-0.05, 0) is 36.2 Å². The van der Waals surface area contributed by atoms with Gasteiger partial charge < -0.3 is 10.0 Å². The van der Waals surface area contributed by atoms with Gasteiger partial charge in [-0.2, -0.15) is 0 Å². The first-order chi connectivity index (χ1) is 10.5. The van der Waals surface area contributed by atoms with E-state index in [1.54, 1.807) is 18.3 Å². The zero-order valence-electron chi connectivity index (χ0n) is 12.0. The molecule has 2 rings (SSSR count). The lowest BCUT2D eigenvalue weighted by atomic mass is 10.2. The maximum absolute atomic E-state index is 12.9. The third-order valence-corrected chi connectivity index (χ3v) is 3.03.